The summed E-state index contributed by atoms with van der Waals surface area (Å²) in [5.41, 5.74) is 2.87. The van der Waals surface area contributed by atoms with Crippen LogP contribution in [0.25, 0.3) is 10.1 Å². The van der Waals surface area contributed by atoms with Crippen molar-refractivity contribution < 1.29 is 9.53 Å². The summed E-state index contributed by atoms with van der Waals surface area (Å²) in [5.74, 6) is 0.431. The fourth-order valence-electron chi connectivity index (χ4n) is 3.58. The second-order valence-electron chi connectivity index (χ2n) is 7.32. The van der Waals surface area contributed by atoms with Crippen LogP contribution < -0.4 is 10.6 Å². The molecule has 1 saturated heterocycles. The highest BCUT2D eigenvalue weighted by Gasteiger charge is 2.16. The number of carbonyl (C=O) groups excluding carboxylic acids is 1. The van der Waals surface area contributed by atoms with E-state index in [9.17, 15) is 4.79 Å². The van der Waals surface area contributed by atoms with Crippen molar-refractivity contribution in [2.24, 2.45) is 0 Å². The summed E-state index contributed by atoms with van der Waals surface area (Å²) < 4.78 is 6.52. The molecule has 158 valence electrons. The van der Waals surface area contributed by atoms with Crippen LogP contribution in [0.1, 0.15) is 16.1 Å². The molecule has 0 radical (unpaired) electrons. The summed E-state index contributed by atoms with van der Waals surface area (Å²) in [6.07, 6.45) is 3.34. The van der Waals surface area contributed by atoms with Gasteiger partial charge in [0.2, 0.25) is 0 Å². The monoisotopic (exact) mass is 434 g/mol. The number of aromatic nitrogens is 3. The highest BCUT2D eigenvalue weighted by Crippen LogP contribution is 2.29. The fourth-order valence-corrected chi connectivity index (χ4v) is 4.36. The molecule has 1 amide bonds. The molecule has 1 fully saturated rings. The van der Waals surface area contributed by atoms with Gasteiger partial charge in [-0.15, -0.1) is 11.3 Å². The minimum atomic E-state index is -0.265. The Morgan fingerprint density at radius 2 is 2.00 bits per heavy atom. The number of benzene rings is 1. The van der Waals surface area contributed by atoms with Crippen LogP contribution in [0.3, 0.4) is 0 Å². The summed E-state index contributed by atoms with van der Waals surface area (Å²) in [7, 11) is 0. The molecule has 4 heterocycles. The Morgan fingerprint density at radius 1 is 1.16 bits per heavy atom. The SMILES string of the molecule is O=C(Nc1ccc(CN2CCOCC2)cc1)c1[nH]ncc1Nc1nccc2sccc12. The first-order valence-corrected chi connectivity index (χ1v) is 11.0. The Hall–Kier alpha value is -3.27. The van der Waals surface area contributed by atoms with Crippen molar-refractivity contribution in [3.8, 4) is 0 Å². The number of amides is 1. The zero-order chi connectivity index (χ0) is 21.0. The van der Waals surface area contributed by atoms with Crippen molar-refractivity contribution in [2.45, 2.75) is 6.54 Å². The van der Waals surface area contributed by atoms with Gasteiger partial charge in [0, 0.05) is 41.6 Å². The fraction of sp³-hybridized carbons (Fsp3) is 0.227. The number of ether oxygens (including phenoxy) is 1. The van der Waals surface area contributed by atoms with E-state index in [0.717, 1.165) is 48.6 Å². The molecule has 0 bridgehead atoms. The highest BCUT2D eigenvalue weighted by atomic mass is 32.1. The summed E-state index contributed by atoms with van der Waals surface area (Å²) in [4.78, 5) is 19.6. The van der Waals surface area contributed by atoms with Gasteiger partial charge in [0.15, 0.2) is 0 Å². The van der Waals surface area contributed by atoms with Crippen LogP contribution in [0.5, 0.6) is 0 Å². The lowest BCUT2D eigenvalue weighted by molar-refractivity contribution is 0.0342. The maximum atomic E-state index is 12.8. The highest BCUT2D eigenvalue weighted by molar-refractivity contribution is 7.17. The number of morpholine rings is 1. The summed E-state index contributed by atoms with van der Waals surface area (Å²) in [6, 6.07) is 11.9. The van der Waals surface area contributed by atoms with E-state index >= 15 is 0 Å². The van der Waals surface area contributed by atoms with E-state index in [1.165, 1.54) is 5.56 Å². The molecule has 1 aromatic carbocycles. The molecule has 5 rings (SSSR count). The van der Waals surface area contributed by atoms with Gasteiger partial charge in [-0.25, -0.2) is 4.98 Å². The number of rotatable bonds is 6. The quantitative estimate of drug-likeness (QED) is 0.427. The molecule has 9 heteroatoms. The zero-order valence-electron chi connectivity index (χ0n) is 16.8. The summed E-state index contributed by atoms with van der Waals surface area (Å²) in [6.45, 7) is 4.34. The van der Waals surface area contributed by atoms with Crippen LogP contribution in [0.2, 0.25) is 0 Å². The standard InChI is InChI=1S/C22H22N6O2S/c29-22(25-16-3-1-15(2-4-16)14-28-8-10-30-11-9-28)20-18(13-24-27-20)26-21-17-6-12-31-19(17)5-7-23-21/h1-7,12-13H,8-11,14H2,(H,23,26)(H,24,27)(H,25,29). The van der Waals surface area contributed by atoms with E-state index in [2.05, 4.69) is 30.7 Å². The molecule has 0 spiro atoms. The molecule has 0 saturated carbocycles. The molecule has 4 aromatic rings. The van der Waals surface area contributed by atoms with E-state index in [0.29, 0.717) is 17.2 Å². The number of thiophene rings is 1. The number of H-pyrrole nitrogens is 1. The van der Waals surface area contributed by atoms with Gasteiger partial charge in [0.25, 0.3) is 5.91 Å². The average molecular weight is 435 g/mol. The molecular formula is C22H22N6O2S. The van der Waals surface area contributed by atoms with Gasteiger partial charge >= 0.3 is 0 Å². The first-order valence-electron chi connectivity index (χ1n) is 10.1. The van der Waals surface area contributed by atoms with Crippen LogP contribution in [0.4, 0.5) is 17.2 Å². The van der Waals surface area contributed by atoms with Gasteiger partial charge in [-0.2, -0.15) is 5.10 Å². The van der Waals surface area contributed by atoms with Gasteiger partial charge in [0.1, 0.15) is 11.5 Å². The van der Waals surface area contributed by atoms with Crippen molar-refractivity contribution in [3.05, 3.63) is 65.4 Å². The molecule has 0 aliphatic carbocycles. The Labute approximate surface area is 183 Å². The minimum Gasteiger partial charge on any atom is -0.379 e. The maximum Gasteiger partial charge on any atom is 0.275 e. The Morgan fingerprint density at radius 3 is 2.84 bits per heavy atom. The second kappa shape index (κ2) is 8.84. The van der Waals surface area contributed by atoms with E-state index in [1.807, 2.05) is 41.8 Å². The largest absolute Gasteiger partial charge is 0.379 e. The van der Waals surface area contributed by atoms with Crippen molar-refractivity contribution in [2.75, 3.05) is 36.9 Å². The topological polar surface area (TPSA) is 95.2 Å². The van der Waals surface area contributed by atoms with Crippen molar-refractivity contribution in [3.63, 3.8) is 0 Å². The van der Waals surface area contributed by atoms with Crippen molar-refractivity contribution >= 4 is 44.5 Å². The molecule has 1 aliphatic heterocycles. The molecular weight excluding hydrogens is 412 g/mol. The van der Waals surface area contributed by atoms with Crippen molar-refractivity contribution in [1.82, 2.24) is 20.1 Å². The smallest absolute Gasteiger partial charge is 0.275 e. The number of nitrogens with zero attached hydrogens (tertiary/aromatic N) is 3. The molecule has 3 aromatic heterocycles. The number of anilines is 3. The predicted octanol–water partition coefficient (Wildman–Crippen LogP) is 3.85. The van der Waals surface area contributed by atoms with Gasteiger partial charge < -0.3 is 15.4 Å². The zero-order valence-corrected chi connectivity index (χ0v) is 17.6. The van der Waals surface area contributed by atoms with Crippen LogP contribution in [0, 0.1) is 0 Å². The van der Waals surface area contributed by atoms with Gasteiger partial charge in [-0.3, -0.25) is 14.8 Å². The summed E-state index contributed by atoms with van der Waals surface area (Å²) in [5, 5.41) is 16.0. The van der Waals surface area contributed by atoms with Crippen LogP contribution in [-0.2, 0) is 11.3 Å². The first-order chi connectivity index (χ1) is 15.3. The van der Waals surface area contributed by atoms with Crippen LogP contribution in [-0.4, -0.2) is 52.3 Å². The number of aromatic amines is 1. The van der Waals surface area contributed by atoms with E-state index in [-0.39, 0.29) is 5.91 Å². The lowest BCUT2D eigenvalue weighted by Gasteiger charge is -2.26. The molecule has 8 nitrogen and oxygen atoms in total. The molecule has 1 aliphatic rings. The normalized spacial score (nSPS) is 14.6. The minimum absolute atomic E-state index is 0.265. The third kappa shape index (κ3) is 4.43. The molecule has 0 unspecified atom stereocenters. The third-order valence-corrected chi connectivity index (χ3v) is 6.10. The van der Waals surface area contributed by atoms with E-state index in [1.54, 1.807) is 23.7 Å². The number of hydrogen-bond acceptors (Lipinski definition) is 7. The average Bonchev–Trinajstić information content (AvgIpc) is 3.46. The van der Waals surface area contributed by atoms with Crippen LogP contribution in [0.15, 0.2) is 54.2 Å². The second-order valence-corrected chi connectivity index (χ2v) is 8.26. The lowest BCUT2D eigenvalue weighted by Crippen LogP contribution is -2.35. The van der Waals surface area contributed by atoms with Gasteiger partial charge in [0.05, 0.1) is 25.1 Å². The Balaban J connectivity index is 1.26. The maximum absolute atomic E-state index is 12.8. The third-order valence-electron chi connectivity index (χ3n) is 5.22. The van der Waals surface area contributed by atoms with Crippen LogP contribution >= 0.6 is 11.3 Å². The lowest BCUT2D eigenvalue weighted by atomic mass is 10.2. The number of carbonyl (C=O) groups is 1. The van der Waals surface area contributed by atoms with Gasteiger partial charge in [-0.1, -0.05) is 12.1 Å². The number of fused-ring (bicyclic) bond motifs is 1. The Kier molecular flexibility index (Phi) is 5.61. The number of pyridine rings is 1. The van der Waals surface area contributed by atoms with Crippen molar-refractivity contribution in [1.29, 1.82) is 0 Å². The van der Waals surface area contributed by atoms with E-state index < -0.39 is 0 Å². The molecule has 3 N–H and O–H groups in total. The number of hydrogen-bond donors (Lipinski definition) is 3. The molecule has 31 heavy (non-hydrogen) atoms. The van der Waals surface area contributed by atoms with E-state index in [4.69, 9.17) is 4.74 Å². The first kappa shape index (κ1) is 19.7. The summed E-state index contributed by atoms with van der Waals surface area (Å²) >= 11 is 1.65. The Bertz CT molecular complexity index is 1180. The molecule has 0 atom stereocenters. The van der Waals surface area contributed by atoms with Gasteiger partial charge in [-0.05, 0) is 35.2 Å². The number of nitrogens with one attached hydrogen (secondary N) is 3. The predicted molar refractivity (Wildman–Crippen MR) is 122 cm³/mol.